The number of aryl methyl sites for hydroxylation is 1. The number of nitrogens with zero attached hydrogens (tertiary/aromatic N) is 6. The van der Waals surface area contributed by atoms with Crippen LogP contribution < -0.4 is 4.90 Å². The molecule has 3 aliphatic heterocycles. The number of likely N-dealkylation sites (tertiary alicyclic amines) is 2. The molecule has 1 spiro atoms. The predicted molar refractivity (Wildman–Crippen MR) is 106 cm³/mol. The molecule has 2 amide bonds. The molecule has 4 heterocycles. The number of aromatic nitrogens is 2. The molecule has 1 atom stereocenters. The fourth-order valence-electron chi connectivity index (χ4n) is 4.80. The largest absolute Gasteiger partial charge is 0.344 e. The Morgan fingerprint density at radius 2 is 1.71 bits per heavy atom. The summed E-state index contributed by atoms with van der Waals surface area (Å²) in [6.45, 7) is 7.00. The maximum atomic E-state index is 13.4. The van der Waals surface area contributed by atoms with Gasteiger partial charge in [0.2, 0.25) is 11.9 Å². The van der Waals surface area contributed by atoms with Gasteiger partial charge in [0.05, 0.1) is 11.3 Å². The molecule has 4 rings (SSSR count). The Bertz CT molecular complexity index is 776. The zero-order valence-electron chi connectivity index (χ0n) is 17.1. The van der Waals surface area contributed by atoms with Crippen LogP contribution in [-0.4, -0.2) is 95.4 Å². The molecule has 28 heavy (non-hydrogen) atoms. The SMILES string of the molecule is Cc1nc(N2CCN(C)CC2)ncc1C(=O)N1CCCC12CCCN(C)C2=O. The van der Waals surface area contributed by atoms with E-state index in [2.05, 4.69) is 26.8 Å². The second-order valence-electron chi connectivity index (χ2n) is 8.38. The molecule has 0 aliphatic carbocycles. The van der Waals surface area contributed by atoms with Crippen LogP contribution in [0.1, 0.15) is 41.7 Å². The average Bonchev–Trinajstić information content (AvgIpc) is 3.10. The van der Waals surface area contributed by atoms with Crippen molar-refractivity contribution in [2.24, 2.45) is 0 Å². The summed E-state index contributed by atoms with van der Waals surface area (Å²) in [6, 6.07) is 0. The molecule has 152 valence electrons. The number of piperidine rings is 1. The summed E-state index contributed by atoms with van der Waals surface area (Å²) in [5.41, 5.74) is 0.528. The molecule has 1 aromatic rings. The predicted octanol–water partition coefficient (Wildman–Crippen LogP) is 0.764. The summed E-state index contributed by atoms with van der Waals surface area (Å²) in [5, 5.41) is 0. The maximum Gasteiger partial charge on any atom is 0.258 e. The molecule has 8 nitrogen and oxygen atoms in total. The number of amides is 2. The lowest BCUT2D eigenvalue weighted by molar-refractivity contribution is -0.144. The Hall–Kier alpha value is -2.22. The number of carbonyl (C=O) groups excluding carboxylic acids is 2. The van der Waals surface area contributed by atoms with Gasteiger partial charge in [0, 0.05) is 52.5 Å². The number of rotatable bonds is 2. The molecule has 3 saturated heterocycles. The second-order valence-corrected chi connectivity index (χ2v) is 8.38. The lowest BCUT2D eigenvalue weighted by Gasteiger charge is -2.43. The van der Waals surface area contributed by atoms with E-state index in [0.29, 0.717) is 23.8 Å². The zero-order valence-corrected chi connectivity index (χ0v) is 17.1. The standard InChI is InChI=1S/C20H30N6O2/c1-15-16(14-21-19(22-15)25-12-10-23(2)11-13-25)17(27)26-9-5-7-20(26)6-4-8-24(3)18(20)28/h14H,4-13H2,1-3H3. The highest BCUT2D eigenvalue weighted by molar-refractivity contribution is 6.00. The summed E-state index contributed by atoms with van der Waals surface area (Å²) >= 11 is 0. The normalized spacial score (nSPS) is 26.4. The third-order valence-electron chi connectivity index (χ3n) is 6.55. The van der Waals surface area contributed by atoms with Crippen LogP contribution in [-0.2, 0) is 4.79 Å². The fraction of sp³-hybridized carbons (Fsp3) is 0.700. The smallest absolute Gasteiger partial charge is 0.258 e. The lowest BCUT2D eigenvalue weighted by atomic mass is 9.85. The van der Waals surface area contributed by atoms with Crippen LogP contribution in [0.4, 0.5) is 5.95 Å². The van der Waals surface area contributed by atoms with Gasteiger partial charge in [-0.1, -0.05) is 0 Å². The monoisotopic (exact) mass is 386 g/mol. The first-order valence-electron chi connectivity index (χ1n) is 10.3. The molecular formula is C20H30N6O2. The van der Waals surface area contributed by atoms with Gasteiger partial charge in [-0.2, -0.15) is 0 Å². The van der Waals surface area contributed by atoms with E-state index in [1.165, 1.54) is 0 Å². The van der Waals surface area contributed by atoms with Gasteiger partial charge in [0.1, 0.15) is 5.54 Å². The van der Waals surface area contributed by atoms with E-state index in [1.807, 2.05) is 14.0 Å². The Kier molecular flexibility index (Phi) is 4.99. The van der Waals surface area contributed by atoms with E-state index in [1.54, 1.807) is 16.0 Å². The highest BCUT2D eigenvalue weighted by Crippen LogP contribution is 2.39. The van der Waals surface area contributed by atoms with Crippen LogP contribution in [0.15, 0.2) is 6.20 Å². The lowest BCUT2D eigenvalue weighted by Crippen LogP contribution is -2.60. The van der Waals surface area contributed by atoms with Crippen LogP contribution in [0.5, 0.6) is 0 Å². The van der Waals surface area contributed by atoms with Gasteiger partial charge in [-0.15, -0.1) is 0 Å². The number of piperazine rings is 1. The molecular weight excluding hydrogens is 356 g/mol. The van der Waals surface area contributed by atoms with Gasteiger partial charge in [-0.25, -0.2) is 9.97 Å². The molecule has 1 unspecified atom stereocenters. The van der Waals surface area contributed by atoms with E-state index in [-0.39, 0.29) is 11.8 Å². The van der Waals surface area contributed by atoms with Crippen LogP contribution in [0, 0.1) is 6.92 Å². The third-order valence-corrected chi connectivity index (χ3v) is 6.55. The molecule has 0 aromatic carbocycles. The van der Waals surface area contributed by atoms with Crippen molar-refractivity contribution < 1.29 is 9.59 Å². The van der Waals surface area contributed by atoms with Crippen molar-refractivity contribution in [3.05, 3.63) is 17.5 Å². The summed E-state index contributed by atoms with van der Waals surface area (Å²) in [4.78, 5) is 43.5. The van der Waals surface area contributed by atoms with Crippen molar-refractivity contribution in [2.75, 3.05) is 58.3 Å². The molecule has 0 N–H and O–H groups in total. The average molecular weight is 387 g/mol. The number of hydrogen-bond donors (Lipinski definition) is 0. The molecule has 0 radical (unpaired) electrons. The summed E-state index contributed by atoms with van der Waals surface area (Å²) in [7, 11) is 3.95. The van der Waals surface area contributed by atoms with Crippen molar-refractivity contribution in [3.8, 4) is 0 Å². The van der Waals surface area contributed by atoms with Crippen LogP contribution in [0.2, 0.25) is 0 Å². The van der Waals surface area contributed by atoms with Gasteiger partial charge in [-0.3, -0.25) is 9.59 Å². The minimum Gasteiger partial charge on any atom is -0.344 e. The molecule has 0 saturated carbocycles. The van der Waals surface area contributed by atoms with Gasteiger partial charge in [0.25, 0.3) is 5.91 Å². The molecule has 3 aliphatic rings. The van der Waals surface area contributed by atoms with E-state index in [4.69, 9.17) is 0 Å². The number of anilines is 1. The number of likely N-dealkylation sites (N-methyl/N-ethyl adjacent to an activating group) is 2. The highest BCUT2D eigenvalue weighted by atomic mass is 16.2. The van der Waals surface area contributed by atoms with Crippen LogP contribution in [0.3, 0.4) is 0 Å². The zero-order chi connectivity index (χ0) is 19.9. The number of carbonyl (C=O) groups is 2. The van der Waals surface area contributed by atoms with Crippen molar-refractivity contribution in [1.29, 1.82) is 0 Å². The third kappa shape index (κ3) is 3.13. The fourth-order valence-corrected chi connectivity index (χ4v) is 4.80. The van der Waals surface area contributed by atoms with Gasteiger partial charge in [0.15, 0.2) is 0 Å². The van der Waals surface area contributed by atoms with E-state index < -0.39 is 5.54 Å². The topological polar surface area (TPSA) is 72.9 Å². The maximum absolute atomic E-state index is 13.4. The van der Waals surface area contributed by atoms with Gasteiger partial charge >= 0.3 is 0 Å². The minimum absolute atomic E-state index is 0.0808. The highest BCUT2D eigenvalue weighted by Gasteiger charge is 2.52. The van der Waals surface area contributed by atoms with Crippen molar-refractivity contribution in [1.82, 2.24) is 24.7 Å². The first-order valence-corrected chi connectivity index (χ1v) is 10.3. The summed E-state index contributed by atoms with van der Waals surface area (Å²) in [6.07, 6.45) is 4.96. The minimum atomic E-state index is -0.674. The molecule has 0 bridgehead atoms. The first-order chi connectivity index (χ1) is 13.4. The van der Waals surface area contributed by atoms with E-state index in [0.717, 1.165) is 58.4 Å². The molecule has 8 heteroatoms. The van der Waals surface area contributed by atoms with Crippen molar-refractivity contribution in [2.45, 2.75) is 38.1 Å². The first kappa shape index (κ1) is 19.1. The van der Waals surface area contributed by atoms with Crippen LogP contribution in [0.25, 0.3) is 0 Å². The summed E-state index contributed by atoms with van der Waals surface area (Å²) in [5.74, 6) is 0.660. The van der Waals surface area contributed by atoms with Crippen LogP contribution >= 0.6 is 0 Å². The van der Waals surface area contributed by atoms with Gasteiger partial charge in [-0.05, 0) is 39.7 Å². The Morgan fingerprint density at radius 3 is 2.39 bits per heavy atom. The van der Waals surface area contributed by atoms with Crippen molar-refractivity contribution in [3.63, 3.8) is 0 Å². The molecule has 3 fully saturated rings. The Balaban J connectivity index is 1.57. The summed E-state index contributed by atoms with van der Waals surface area (Å²) < 4.78 is 0. The Labute approximate surface area is 166 Å². The number of hydrogen-bond acceptors (Lipinski definition) is 6. The molecule has 1 aromatic heterocycles. The van der Waals surface area contributed by atoms with Gasteiger partial charge < -0.3 is 19.6 Å². The quantitative estimate of drug-likeness (QED) is 0.747. The van der Waals surface area contributed by atoms with E-state index in [9.17, 15) is 9.59 Å². The van der Waals surface area contributed by atoms with Crippen molar-refractivity contribution >= 4 is 17.8 Å². The van der Waals surface area contributed by atoms with E-state index >= 15 is 0 Å². The second kappa shape index (κ2) is 7.31. The Morgan fingerprint density at radius 1 is 1.04 bits per heavy atom.